The average Bonchev–Trinajstić information content (AvgIpc) is 3.17. The summed E-state index contributed by atoms with van der Waals surface area (Å²) in [7, 11) is 0. The van der Waals surface area contributed by atoms with Crippen LogP contribution in [-0.4, -0.2) is 23.9 Å². The average molecular weight is 432 g/mol. The molecular formula is C23H27ClFN3O2. The van der Waals surface area contributed by atoms with E-state index in [2.05, 4.69) is 16.0 Å². The highest BCUT2D eigenvalue weighted by Crippen LogP contribution is 2.33. The summed E-state index contributed by atoms with van der Waals surface area (Å²) < 4.78 is 13.3. The standard InChI is InChI=1S/C23H26FN3O2.ClH/c24-18-8-4-7-17(12-18)22(28)26-19-9-3-5-15(11-19)14-25-23(29)21-13-16-6-1-2-10-20(16)27-21;/h3-5,7-9,11-12,16,20-21,27H,1-2,6,10,13-14H2,(H,25,29)(H,26,28);1H. The van der Waals surface area contributed by atoms with E-state index in [9.17, 15) is 14.0 Å². The van der Waals surface area contributed by atoms with E-state index in [0.717, 1.165) is 12.0 Å². The van der Waals surface area contributed by atoms with Crippen molar-refractivity contribution >= 4 is 29.9 Å². The van der Waals surface area contributed by atoms with Gasteiger partial charge in [0.2, 0.25) is 5.91 Å². The smallest absolute Gasteiger partial charge is 0.255 e. The predicted octanol–water partition coefficient (Wildman–Crippen LogP) is 4.04. The molecule has 0 bridgehead atoms. The highest BCUT2D eigenvalue weighted by atomic mass is 35.5. The van der Waals surface area contributed by atoms with E-state index < -0.39 is 5.82 Å². The van der Waals surface area contributed by atoms with Crippen molar-refractivity contribution in [2.45, 2.75) is 50.7 Å². The summed E-state index contributed by atoms with van der Waals surface area (Å²) in [5, 5.41) is 9.27. The molecule has 2 aliphatic rings. The van der Waals surface area contributed by atoms with Crippen molar-refractivity contribution in [2.24, 2.45) is 5.92 Å². The van der Waals surface area contributed by atoms with Crippen LogP contribution in [0.3, 0.4) is 0 Å². The summed E-state index contributed by atoms with van der Waals surface area (Å²) in [6.45, 7) is 0.399. The van der Waals surface area contributed by atoms with Crippen LogP contribution in [0.2, 0.25) is 0 Å². The van der Waals surface area contributed by atoms with Crippen molar-refractivity contribution in [2.75, 3.05) is 5.32 Å². The van der Waals surface area contributed by atoms with Crippen LogP contribution in [0, 0.1) is 11.7 Å². The molecule has 30 heavy (non-hydrogen) atoms. The molecule has 0 radical (unpaired) electrons. The third kappa shape index (κ3) is 5.37. The van der Waals surface area contributed by atoms with Crippen molar-refractivity contribution in [1.29, 1.82) is 0 Å². The molecule has 5 nitrogen and oxygen atoms in total. The van der Waals surface area contributed by atoms with Gasteiger partial charge in [0.05, 0.1) is 6.04 Å². The van der Waals surface area contributed by atoms with Crippen LogP contribution < -0.4 is 16.0 Å². The first-order chi connectivity index (χ1) is 14.1. The summed E-state index contributed by atoms with van der Waals surface area (Å²) in [6, 6.07) is 13.3. The summed E-state index contributed by atoms with van der Waals surface area (Å²) >= 11 is 0. The van der Waals surface area contributed by atoms with Crippen LogP contribution in [0.1, 0.15) is 48.0 Å². The molecule has 1 heterocycles. The van der Waals surface area contributed by atoms with Crippen LogP contribution in [0.25, 0.3) is 0 Å². The quantitative estimate of drug-likeness (QED) is 0.669. The maximum absolute atomic E-state index is 13.3. The fraction of sp³-hybridized carbons (Fsp3) is 0.391. The monoisotopic (exact) mass is 431 g/mol. The molecule has 1 saturated heterocycles. The molecule has 1 aliphatic heterocycles. The number of amides is 2. The molecule has 0 aromatic heterocycles. The fourth-order valence-corrected chi connectivity index (χ4v) is 4.43. The number of benzene rings is 2. The minimum Gasteiger partial charge on any atom is -0.351 e. The lowest BCUT2D eigenvalue weighted by Gasteiger charge is -2.24. The van der Waals surface area contributed by atoms with Crippen molar-refractivity contribution in [3.05, 3.63) is 65.5 Å². The molecule has 2 amide bonds. The fourth-order valence-electron chi connectivity index (χ4n) is 4.43. The molecule has 0 spiro atoms. The number of halogens is 2. The Balaban J connectivity index is 0.00000256. The normalized spacial score (nSPS) is 22.5. The lowest BCUT2D eigenvalue weighted by atomic mass is 9.85. The van der Waals surface area contributed by atoms with Gasteiger partial charge in [0.1, 0.15) is 5.82 Å². The Morgan fingerprint density at radius 2 is 1.87 bits per heavy atom. The molecule has 1 saturated carbocycles. The lowest BCUT2D eigenvalue weighted by Crippen LogP contribution is -2.42. The van der Waals surface area contributed by atoms with Gasteiger partial charge in [-0.25, -0.2) is 4.39 Å². The molecule has 2 aromatic rings. The van der Waals surface area contributed by atoms with Crippen LogP contribution in [0.5, 0.6) is 0 Å². The second-order valence-corrected chi connectivity index (χ2v) is 7.99. The highest BCUT2D eigenvalue weighted by Gasteiger charge is 2.37. The molecule has 3 unspecified atom stereocenters. The molecule has 3 N–H and O–H groups in total. The number of anilines is 1. The second-order valence-electron chi connectivity index (χ2n) is 7.99. The summed E-state index contributed by atoms with van der Waals surface area (Å²) in [5.74, 6) is -0.160. The largest absolute Gasteiger partial charge is 0.351 e. The zero-order valence-electron chi connectivity index (χ0n) is 16.7. The van der Waals surface area contributed by atoms with Gasteiger partial charge in [0.15, 0.2) is 0 Å². The number of fused-ring (bicyclic) bond motifs is 1. The third-order valence-corrected chi connectivity index (χ3v) is 5.92. The van der Waals surface area contributed by atoms with Crippen molar-refractivity contribution in [3.63, 3.8) is 0 Å². The Labute approximate surface area is 182 Å². The van der Waals surface area contributed by atoms with E-state index in [1.165, 1.54) is 43.9 Å². The summed E-state index contributed by atoms with van der Waals surface area (Å²) in [5.41, 5.74) is 1.76. The van der Waals surface area contributed by atoms with Crippen LogP contribution in [-0.2, 0) is 11.3 Å². The Kier molecular flexibility index (Phi) is 7.45. The number of nitrogens with one attached hydrogen (secondary N) is 3. The molecule has 160 valence electrons. The van der Waals surface area contributed by atoms with Crippen molar-refractivity contribution in [1.82, 2.24) is 10.6 Å². The van der Waals surface area contributed by atoms with Gasteiger partial charge in [0.25, 0.3) is 5.91 Å². The van der Waals surface area contributed by atoms with E-state index in [4.69, 9.17) is 0 Å². The maximum atomic E-state index is 13.3. The maximum Gasteiger partial charge on any atom is 0.255 e. The number of carbonyl (C=O) groups excluding carboxylic acids is 2. The minimum atomic E-state index is -0.450. The van der Waals surface area contributed by atoms with Gasteiger partial charge in [-0.2, -0.15) is 0 Å². The SMILES string of the molecule is Cl.O=C(Nc1cccc(CNC(=O)C2CC3CCCCC3N2)c1)c1cccc(F)c1. The zero-order chi connectivity index (χ0) is 20.2. The van der Waals surface area contributed by atoms with Gasteiger partial charge in [-0.05, 0) is 61.1 Å². The lowest BCUT2D eigenvalue weighted by molar-refractivity contribution is -0.123. The minimum absolute atomic E-state index is 0. The van der Waals surface area contributed by atoms with Crippen molar-refractivity contribution in [3.8, 4) is 0 Å². The predicted molar refractivity (Wildman–Crippen MR) is 117 cm³/mol. The van der Waals surface area contributed by atoms with E-state index in [1.807, 2.05) is 18.2 Å². The van der Waals surface area contributed by atoms with E-state index in [1.54, 1.807) is 12.1 Å². The van der Waals surface area contributed by atoms with E-state index in [-0.39, 0.29) is 35.8 Å². The second kappa shape index (κ2) is 10.0. The molecule has 2 aromatic carbocycles. The van der Waals surface area contributed by atoms with Gasteiger partial charge < -0.3 is 16.0 Å². The Morgan fingerprint density at radius 1 is 1.07 bits per heavy atom. The van der Waals surface area contributed by atoms with Gasteiger partial charge >= 0.3 is 0 Å². The molecule has 3 atom stereocenters. The molecule has 1 aliphatic carbocycles. The number of rotatable bonds is 5. The first-order valence-electron chi connectivity index (χ1n) is 10.3. The highest BCUT2D eigenvalue weighted by molar-refractivity contribution is 6.04. The van der Waals surface area contributed by atoms with E-state index in [0.29, 0.717) is 24.2 Å². The molecule has 4 rings (SSSR count). The van der Waals surface area contributed by atoms with Crippen LogP contribution >= 0.6 is 12.4 Å². The Bertz CT molecular complexity index is 894. The third-order valence-electron chi connectivity index (χ3n) is 5.92. The number of hydrogen-bond acceptors (Lipinski definition) is 3. The van der Waals surface area contributed by atoms with Gasteiger partial charge in [-0.1, -0.05) is 31.0 Å². The van der Waals surface area contributed by atoms with Crippen LogP contribution in [0.15, 0.2) is 48.5 Å². The van der Waals surface area contributed by atoms with Crippen LogP contribution in [0.4, 0.5) is 10.1 Å². The summed E-state index contributed by atoms with van der Waals surface area (Å²) in [4.78, 5) is 24.8. The molecule has 2 fully saturated rings. The summed E-state index contributed by atoms with van der Waals surface area (Å²) in [6.07, 6.45) is 5.82. The molecular weight excluding hydrogens is 405 g/mol. The van der Waals surface area contributed by atoms with Gasteiger partial charge in [-0.15, -0.1) is 12.4 Å². The van der Waals surface area contributed by atoms with Gasteiger partial charge in [-0.3, -0.25) is 9.59 Å². The first-order valence-corrected chi connectivity index (χ1v) is 10.3. The molecule has 7 heteroatoms. The Hall–Kier alpha value is -2.44. The van der Waals surface area contributed by atoms with Crippen molar-refractivity contribution < 1.29 is 14.0 Å². The van der Waals surface area contributed by atoms with Gasteiger partial charge in [0, 0.05) is 23.8 Å². The topological polar surface area (TPSA) is 70.2 Å². The Morgan fingerprint density at radius 3 is 2.67 bits per heavy atom. The van der Waals surface area contributed by atoms with E-state index >= 15 is 0 Å². The number of carbonyl (C=O) groups is 2. The number of hydrogen-bond donors (Lipinski definition) is 3. The zero-order valence-corrected chi connectivity index (χ0v) is 17.5. The first kappa shape index (κ1) is 22.2.